The Balaban J connectivity index is 1.50. The molecular weight excluding hydrogens is 448 g/mol. The number of amides is 2. The molecule has 9 heteroatoms. The number of hydrogen-bond acceptors (Lipinski definition) is 7. The van der Waals surface area contributed by atoms with E-state index < -0.39 is 11.1 Å². The highest BCUT2D eigenvalue weighted by atomic mass is 16.5. The number of carbonyl (C=O) groups is 2. The number of methoxy groups -OCH3 is 2. The summed E-state index contributed by atoms with van der Waals surface area (Å²) in [4.78, 5) is 32.6. The van der Waals surface area contributed by atoms with Gasteiger partial charge in [0, 0.05) is 44.8 Å². The van der Waals surface area contributed by atoms with Crippen LogP contribution in [0.2, 0.25) is 0 Å². The number of carbonyl (C=O) groups excluding carboxylic acids is 2. The average molecular weight is 487 g/mol. The van der Waals surface area contributed by atoms with E-state index in [2.05, 4.69) is 10.3 Å². The minimum atomic E-state index is -0.539. The fraction of sp³-hybridized carbons (Fsp3) is 0.654. The highest BCUT2D eigenvalue weighted by molar-refractivity contribution is 5.99. The molecule has 5 atom stereocenters. The van der Waals surface area contributed by atoms with Gasteiger partial charge < -0.3 is 25.3 Å². The van der Waals surface area contributed by atoms with Gasteiger partial charge in [-0.1, -0.05) is 18.2 Å². The lowest BCUT2D eigenvalue weighted by molar-refractivity contribution is -0.132. The Labute approximate surface area is 207 Å². The topological polar surface area (TPSA) is 115 Å². The molecule has 2 heterocycles. The average Bonchev–Trinajstić information content (AvgIpc) is 3.55. The Morgan fingerprint density at radius 2 is 2.03 bits per heavy atom. The minimum Gasteiger partial charge on any atom is -0.485 e. The first kappa shape index (κ1) is 25.4. The van der Waals surface area contributed by atoms with Crippen molar-refractivity contribution in [2.24, 2.45) is 22.6 Å². The van der Waals surface area contributed by atoms with Crippen molar-refractivity contribution >= 4 is 17.8 Å². The smallest absolute Gasteiger partial charge is 0.231 e. The SMILES string of the molecule is COCC[C@H]([C@@H]1C[C@H]1C(=O)NC1CC(C)(COC)Oc2ccccc21)N1C(=O)CC(C)(C)N=C1N. The second-order valence-corrected chi connectivity index (χ2v) is 10.9. The maximum Gasteiger partial charge on any atom is 0.231 e. The zero-order chi connectivity index (χ0) is 25.4. The summed E-state index contributed by atoms with van der Waals surface area (Å²) in [5, 5.41) is 3.26. The molecule has 0 saturated heterocycles. The molecule has 192 valence electrons. The first-order chi connectivity index (χ1) is 16.6. The highest BCUT2D eigenvalue weighted by Crippen LogP contribution is 2.47. The molecule has 35 heavy (non-hydrogen) atoms. The van der Waals surface area contributed by atoms with Crippen molar-refractivity contribution in [1.82, 2.24) is 10.2 Å². The Hall–Kier alpha value is -2.65. The van der Waals surface area contributed by atoms with Crippen LogP contribution in [-0.2, 0) is 19.1 Å². The van der Waals surface area contributed by atoms with E-state index in [4.69, 9.17) is 19.9 Å². The van der Waals surface area contributed by atoms with Crippen LogP contribution in [0.4, 0.5) is 0 Å². The summed E-state index contributed by atoms with van der Waals surface area (Å²) in [6.07, 6.45) is 2.19. The Kier molecular flexibility index (Phi) is 7.11. The van der Waals surface area contributed by atoms with Gasteiger partial charge in [0.25, 0.3) is 0 Å². The molecule has 1 aliphatic carbocycles. The number of fused-ring (bicyclic) bond motifs is 1. The van der Waals surface area contributed by atoms with E-state index in [1.165, 1.54) is 0 Å². The molecule has 1 saturated carbocycles. The van der Waals surface area contributed by atoms with E-state index >= 15 is 0 Å². The minimum absolute atomic E-state index is 0.00417. The molecule has 3 N–H and O–H groups in total. The summed E-state index contributed by atoms with van der Waals surface area (Å²) in [7, 11) is 3.28. The molecule has 0 spiro atoms. The van der Waals surface area contributed by atoms with Crippen LogP contribution in [0.1, 0.15) is 58.1 Å². The molecule has 2 aliphatic heterocycles. The number of ether oxygens (including phenoxy) is 3. The standard InChI is InChI=1S/C26H38N4O5/c1-25(2)14-22(31)30(24(27)29-25)20(10-11-33-4)17-12-18(17)23(32)28-19-13-26(3,15-34-5)35-21-9-7-6-8-16(19)21/h6-9,17-20H,10-15H2,1-5H3,(H2,27,29)(H,28,32)/t17-,18-,19?,20-,26?/m1/s1. The summed E-state index contributed by atoms with van der Waals surface area (Å²) < 4.78 is 16.9. The highest BCUT2D eigenvalue weighted by Gasteiger charge is 2.52. The van der Waals surface area contributed by atoms with Crippen LogP contribution in [0.5, 0.6) is 5.75 Å². The second-order valence-electron chi connectivity index (χ2n) is 10.9. The van der Waals surface area contributed by atoms with Crippen molar-refractivity contribution in [3.8, 4) is 5.75 Å². The Bertz CT molecular complexity index is 996. The molecule has 2 amide bonds. The maximum atomic E-state index is 13.4. The van der Waals surface area contributed by atoms with Crippen LogP contribution in [0.25, 0.3) is 0 Å². The quantitative estimate of drug-likeness (QED) is 0.554. The van der Waals surface area contributed by atoms with Gasteiger partial charge in [0.2, 0.25) is 11.8 Å². The third-order valence-corrected chi connectivity index (χ3v) is 7.19. The van der Waals surface area contributed by atoms with Gasteiger partial charge >= 0.3 is 0 Å². The maximum absolute atomic E-state index is 13.4. The van der Waals surface area contributed by atoms with Gasteiger partial charge in [-0.3, -0.25) is 14.5 Å². The van der Waals surface area contributed by atoms with E-state index in [-0.39, 0.29) is 48.1 Å². The van der Waals surface area contributed by atoms with Crippen molar-refractivity contribution in [2.75, 3.05) is 27.4 Å². The molecule has 4 rings (SSSR count). The van der Waals surface area contributed by atoms with Crippen molar-refractivity contribution in [3.05, 3.63) is 29.8 Å². The molecule has 0 radical (unpaired) electrons. The number of benzene rings is 1. The Morgan fingerprint density at radius 3 is 2.71 bits per heavy atom. The summed E-state index contributed by atoms with van der Waals surface area (Å²) in [5.41, 5.74) is 6.16. The molecule has 1 fully saturated rings. The molecule has 2 unspecified atom stereocenters. The van der Waals surface area contributed by atoms with Gasteiger partial charge in [0.1, 0.15) is 11.4 Å². The summed E-state index contributed by atoms with van der Waals surface area (Å²) >= 11 is 0. The zero-order valence-electron chi connectivity index (χ0n) is 21.4. The lowest BCUT2D eigenvalue weighted by Gasteiger charge is -2.40. The number of nitrogens with one attached hydrogen (secondary N) is 1. The lowest BCUT2D eigenvalue weighted by Crippen LogP contribution is -2.55. The second kappa shape index (κ2) is 9.78. The zero-order valence-corrected chi connectivity index (χ0v) is 21.4. The molecule has 1 aromatic rings. The first-order valence-corrected chi connectivity index (χ1v) is 12.3. The van der Waals surface area contributed by atoms with Gasteiger partial charge in [-0.05, 0) is 45.6 Å². The predicted molar refractivity (Wildman–Crippen MR) is 132 cm³/mol. The van der Waals surface area contributed by atoms with Crippen molar-refractivity contribution in [2.45, 2.75) is 69.7 Å². The van der Waals surface area contributed by atoms with Crippen LogP contribution in [0.3, 0.4) is 0 Å². The van der Waals surface area contributed by atoms with Crippen molar-refractivity contribution in [3.63, 3.8) is 0 Å². The van der Waals surface area contributed by atoms with Crippen molar-refractivity contribution in [1.29, 1.82) is 0 Å². The predicted octanol–water partition coefficient (Wildman–Crippen LogP) is 2.40. The molecule has 1 aromatic carbocycles. The van der Waals surface area contributed by atoms with Crippen molar-refractivity contribution < 1.29 is 23.8 Å². The van der Waals surface area contributed by atoms with E-state index in [0.29, 0.717) is 32.5 Å². The van der Waals surface area contributed by atoms with Crippen LogP contribution in [0.15, 0.2) is 29.3 Å². The van der Waals surface area contributed by atoms with Gasteiger partial charge in [0.15, 0.2) is 5.96 Å². The Morgan fingerprint density at radius 1 is 1.29 bits per heavy atom. The largest absolute Gasteiger partial charge is 0.485 e. The summed E-state index contributed by atoms with van der Waals surface area (Å²) in [6.45, 7) is 6.69. The molecule has 3 aliphatic rings. The van der Waals surface area contributed by atoms with Crippen LogP contribution in [0, 0.1) is 11.8 Å². The van der Waals surface area contributed by atoms with Gasteiger partial charge in [0.05, 0.1) is 24.6 Å². The number of para-hydroxylation sites is 1. The monoisotopic (exact) mass is 486 g/mol. The summed E-state index contributed by atoms with van der Waals surface area (Å²) in [6, 6.07) is 7.38. The lowest BCUT2D eigenvalue weighted by atomic mass is 9.88. The molecular formula is C26H38N4O5. The number of aliphatic imine (C=N–C) groups is 1. The van der Waals surface area contributed by atoms with E-state index in [1.54, 1.807) is 19.1 Å². The fourth-order valence-corrected chi connectivity index (χ4v) is 5.57. The van der Waals surface area contributed by atoms with Crippen LogP contribution < -0.4 is 15.8 Å². The third-order valence-electron chi connectivity index (χ3n) is 7.19. The normalized spacial score (nSPS) is 30.1. The number of rotatable bonds is 9. The number of nitrogens with zero attached hydrogens (tertiary/aromatic N) is 2. The molecule has 9 nitrogen and oxygen atoms in total. The van der Waals surface area contributed by atoms with Gasteiger partial charge in [-0.15, -0.1) is 0 Å². The van der Waals surface area contributed by atoms with E-state index in [1.807, 2.05) is 45.0 Å². The first-order valence-electron chi connectivity index (χ1n) is 12.3. The number of guanidine groups is 1. The molecule has 0 bridgehead atoms. The van der Waals surface area contributed by atoms with E-state index in [9.17, 15) is 9.59 Å². The van der Waals surface area contributed by atoms with Crippen LogP contribution in [-0.4, -0.2) is 67.3 Å². The fourth-order valence-electron chi connectivity index (χ4n) is 5.57. The number of hydrogen-bond donors (Lipinski definition) is 2. The number of nitrogens with two attached hydrogens (primary N) is 1. The summed E-state index contributed by atoms with van der Waals surface area (Å²) in [5.74, 6) is 0.731. The van der Waals surface area contributed by atoms with Crippen LogP contribution >= 0.6 is 0 Å². The third kappa shape index (κ3) is 5.46. The van der Waals surface area contributed by atoms with Gasteiger partial charge in [-0.25, -0.2) is 4.99 Å². The van der Waals surface area contributed by atoms with E-state index in [0.717, 1.165) is 11.3 Å². The molecule has 0 aromatic heterocycles. The van der Waals surface area contributed by atoms with Gasteiger partial charge in [-0.2, -0.15) is 0 Å².